The number of ether oxygens (including phenoxy) is 1. The standard InChI is InChI=1S/C21H23N5O2S2/c27-20-7-21(13-26(20)10-18-8-22-15-29-18)12-25(5-6-28-14-21)9-16-1-3-17(4-2-16)19-11-30-24-23-19/h1-4,8,11,15H,5-7,9-10,12-14H2/t21-/m1/s1. The number of carbonyl (C=O) groups is 1. The molecule has 1 amide bonds. The lowest BCUT2D eigenvalue weighted by molar-refractivity contribution is -0.128. The molecule has 3 aromatic rings. The van der Waals surface area contributed by atoms with Gasteiger partial charge in [-0.2, -0.15) is 0 Å². The minimum absolute atomic E-state index is 0.134. The molecule has 0 N–H and O–H groups in total. The monoisotopic (exact) mass is 441 g/mol. The zero-order valence-corrected chi connectivity index (χ0v) is 18.2. The van der Waals surface area contributed by atoms with Gasteiger partial charge >= 0.3 is 0 Å². The van der Waals surface area contributed by atoms with E-state index < -0.39 is 0 Å². The van der Waals surface area contributed by atoms with Crippen LogP contribution in [0.3, 0.4) is 0 Å². The number of hydrogen-bond donors (Lipinski definition) is 0. The largest absolute Gasteiger partial charge is 0.379 e. The van der Waals surface area contributed by atoms with Crippen molar-refractivity contribution in [2.24, 2.45) is 5.41 Å². The molecule has 2 aromatic heterocycles. The highest BCUT2D eigenvalue weighted by Crippen LogP contribution is 2.35. The maximum Gasteiger partial charge on any atom is 0.223 e. The van der Waals surface area contributed by atoms with Gasteiger partial charge in [-0.3, -0.25) is 14.7 Å². The predicted octanol–water partition coefficient (Wildman–Crippen LogP) is 2.91. The van der Waals surface area contributed by atoms with E-state index in [1.807, 2.05) is 22.0 Å². The summed E-state index contributed by atoms with van der Waals surface area (Å²) in [5.74, 6) is 0.218. The van der Waals surface area contributed by atoms with Crippen molar-refractivity contribution in [3.05, 3.63) is 51.8 Å². The molecule has 7 nitrogen and oxygen atoms in total. The molecule has 0 aliphatic carbocycles. The van der Waals surface area contributed by atoms with Gasteiger partial charge in [0, 0.05) is 60.0 Å². The fourth-order valence-corrected chi connectivity index (χ4v) is 5.46. The third-order valence-corrected chi connectivity index (χ3v) is 7.04. The van der Waals surface area contributed by atoms with Crippen LogP contribution in [0.2, 0.25) is 0 Å². The zero-order chi connectivity index (χ0) is 20.4. The molecule has 1 spiro atoms. The van der Waals surface area contributed by atoms with Crippen LogP contribution in [-0.4, -0.2) is 63.1 Å². The molecule has 2 aliphatic rings. The van der Waals surface area contributed by atoms with E-state index in [0.717, 1.165) is 42.3 Å². The Morgan fingerprint density at radius 1 is 1.17 bits per heavy atom. The Morgan fingerprint density at radius 2 is 2.07 bits per heavy atom. The van der Waals surface area contributed by atoms with Crippen LogP contribution in [0.25, 0.3) is 11.3 Å². The van der Waals surface area contributed by atoms with E-state index in [1.54, 1.807) is 11.3 Å². The molecule has 30 heavy (non-hydrogen) atoms. The van der Waals surface area contributed by atoms with Crippen molar-refractivity contribution in [1.82, 2.24) is 24.4 Å². The van der Waals surface area contributed by atoms with Crippen LogP contribution in [0.4, 0.5) is 0 Å². The molecule has 1 aromatic carbocycles. The van der Waals surface area contributed by atoms with Gasteiger partial charge in [0.25, 0.3) is 0 Å². The van der Waals surface area contributed by atoms with E-state index in [9.17, 15) is 4.79 Å². The van der Waals surface area contributed by atoms with Gasteiger partial charge in [-0.25, -0.2) is 0 Å². The van der Waals surface area contributed by atoms with Gasteiger partial charge in [-0.1, -0.05) is 28.8 Å². The minimum atomic E-state index is -0.134. The summed E-state index contributed by atoms with van der Waals surface area (Å²) in [4.78, 5) is 22.4. The molecule has 2 saturated heterocycles. The Labute approximate surface area is 183 Å². The number of thiazole rings is 1. The summed E-state index contributed by atoms with van der Waals surface area (Å²) in [6.07, 6.45) is 2.41. The Kier molecular flexibility index (Phi) is 5.60. The number of rotatable bonds is 5. The topological polar surface area (TPSA) is 71.5 Å². The molecule has 2 fully saturated rings. The highest BCUT2D eigenvalue weighted by molar-refractivity contribution is 7.09. The maximum atomic E-state index is 12.7. The van der Waals surface area contributed by atoms with E-state index >= 15 is 0 Å². The van der Waals surface area contributed by atoms with Gasteiger partial charge in [-0.15, -0.1) is 16.4 Å². The summed E-state index contributed by atoms with van der Waals surface area (Å²) >= 11 is 2.96. The summed E-state index contributed by atoms with van der Waals surface area (Å²) < 4.78 is 9.89. The van der Waals surface area contributed by atoms with Crippen LogP contribution in [0.15, 0.2) is 41.4 Å². The van der Waals surface area contributed by atoms with Crippen molar-refractivity contribution >= 4 is 28.8 Å². The fourth-order valence-electron chi connectivity index (χ4n) is 4.38. The summed E-state index contributed by atoms with van der Waals surface area (Å²) in [6, 6.07) is 8.52. The third kappa shape index (κ3) is 4.29. The molecule has 5 rings (SSSR count). The lowest BCUT2D eigenvalue weighted by atomic mass is 9.87. The summed E-state index contributed by atoms with van der Waals surface area (Å²) in [5.41, 5.74) is 4.94. The molecule has 2 aliphatic heterocycles. The first-order chi connectivity index (χ1) is 14.7. The van der Waals surface area contributed by atoms with Crippen molar-refractivity contribution in [3.63, 3.8) is 0 Å². The number of amides is 1. The van der Waals surface area contributed by atoms with Gasteiger partial charge in [0.15, 0.2) is 0 Å². The van der Waals surface area contributed by atoms with Gasteiger partial charge in [0.2, 0.25) is 5.91 Å². The maximum absolute atomic E-state index is 12.7. The molecule has 0 unspecified atom stereocenters. The average Bonchev–Trinajstić information content (AvgIpc) is 3.47. The van der Waals surface area contributed by atoms with Gasteiger partial charge < -0.3 is 9.64 Å². The van der Waals surface area contributed by atoms with E-state index in [2.05, 4.69) is 43.7 Å². The molecule has 156 valence electrons. The third-order valence-electron chi connectivity index (χ3n) is 5.77. The Hall–Kier alpha value is -2.20. The Bertz CT molecular complexity index is 978. The van der Waals surface area contributed by atoms with Crippen molar-refractivity contribution in [2.75, 3.05) is 32.8 Å². The van der Waals surface area contributed by atoms with Crippen LogP contribution in [-0.2, 0) is 22.6 Å². The average molecular weight is 442 g/mol. The molecule has 0 saturated carbocycles. The lowest BCUT2D eigenvalue weighted by Gasteiger charge is -2.31. The van der Waals surface area contributed by atoms with Gasteiger partial charge in [0.1, 0.15) is 5.69 Å². The van der Waals surface area contributed by atoms with E-state index in [0.29, 0.717) is 26.2 Å². The van der Waals surface area contributed by atoms with Gasteiger partial charge in [-0.05, 0) is 17.1 Å². The predicted molar refractivity (Wildman–Crippen MR) is 116 cm³/mol. The van der Waals surface area contributed by atoms with E-state index in [1.165, 1.54) is 17.1 Å². The van der Waals surface area contributed by atoms with Crippen molar-refractivity contribution in [3.8, 4) is 11.3 Å². The number of benzene rings is 1. The normalized spacial score (nSPS) is 22.7. The van der Waals surface area contributed by atoms with E-state index in [-0.39, 0.29) is 11.3 Å². The molecular formula is C21H23N5O2S2. The smallest absolute Gasteiger partial charge is 0.223 e. The van der Waals surface area contributed by atoms with E-state index in [4.69, 9.17) is 4.74 Å². The summed E-state index contributed by atoms with van der Waals surface area (Å²) in [6.45, 7) is 5.34. The van der Waals surface area contributed by atoms with Crippen molar-refractivity contribution in [2.45, 2.75) is 19.5 Å². The van der Waals surface area contributed by atoms with Crippen LogP contribution >= 0.6 is 22.9 Å². The van der Waals surface area contributed by atoms with Crippen LogP contribution in [0.1, 0.15) is 16.9 Å². The highest BCUT2D eigenvalue weighted by atomic mass is 32.1. The second-order valence-electron chi connectivity index (χ2n) is 8.14. The second-order valence-corrected chi connectivity index (χ2v) is 9.73. The molecular weight excluding hydrogens is 418 g/mol. The first-order valence-corrected chi connectivity index (χ1v) is 11.7. The number of nitrogens with zero attached hydrogens (tertiary/aromatic N) is 5. The molecule has 0 radical (unpaired) electrons. The van der Waals surface area contributed by atoms with Crippen molar-refractivity contribution in [1.29, 1.82) is 0 Å². The summed E-state index contributed by atoms with van der Waals surface area (Å²) in [5, 5.41) is 6.09. The number of hydrogen-bond acceptors (Lipinski definition) is 8. The highest BCUT2D eigenvalue weighted by Gasteiger charge is 2.45. The Balaban J connectivity index is 1.26. The van der Waals surface area contributed by atoms with Crippen molar-refractivity contribution < 1.29 is 9.53 Å². The molecule has 0 bridgehead atoms. The first kappa shape index (κ1) is 19.7. The summed E-state index contributed by atoms with van der Waals surface area (Å²) in [7, 11) is 0. The second kappa shape index (κ2) is 8.50. The zero-order valence-electron chi connectivity index (χ0n) is 16.6. The molecule has 1 atom stereocenters. The first-order valence-electron chi connectivity index (χ1n) is 10.0. The fraction of sp³-hybridized carbons (Fsp3) is 0.429. The molecule has 9 heteroatoms. The SMILES string of the molecule is O=C1C[C@]2(COCCN(Cc3ccc(-c4csnn4)cc3)C2)CN1Cc1cncs1. The Morgan fingerprint density at radius 3 is 2.83 bits per heavy atom. The van der Waals surface area contributed by atoms with Crippen LogP contribution in [0.5, 0.6) is 0 Å². The number of carbonyl (C=O) groups excluding carboxylic acids is 1. The molecule has 4 heterocycles. The van der Waals surface area contributed by atoms with Crippen LogP contribution < -0.4 is 0 Å². The quantitative estimate of drug-likeness (QED) is 0.606. The van der Waals surface area contributed by atoms with Gasteiger partial charge in [0.05, 0.1) is 25.3 Å². The van der Waals surface area contributed by atoms with Crippen LogP contribution in [0, 0.1) is 5.41 Å². The number of aromatic nitrogens is 3. The lowest BCUT2D eigenvalue weighted by Crippen LogP contribution is -2.40. The number of likely N-dealkylation sites (tertiary alicyclic amines) is 1. The minimum Gasteiger partial charge on any atom is -0.379 e.